The summed E-state index contributed by atoms with van der Waals surface area (Å²) in [5.74, 6) is 0. The van der Waals surface area contributed by atoms with E-state index in [0.717, 1.165) is 6.42 Å². The van der Waals surface area contributed by atoms with E-state index in [9.17, 15) is 0 Å². The first-order valence-corrected chi connectivity index (χ1v) is 5.30. The Morgan fingerprint density at radius 2 is 1.23 bits per heavy atom. The molecule has 0 unspecified atom stereocenters. The van der Waals surface area contributed by atoms with E-state index in [2.05, 4.69) is 24.3 Å². The van der Waals surface area contributed by atoms with Crippen LogP contribution >= 0.6 is 0 Å². The van der Waals surface area contributed by atoms with Crippen LogP contribution in [-0.4, -0.2) is 0 Å². The minimum Gasteiger partial charge on any atom is -0.0914 e. The standard InChI is InChI=1S/C9H14.2C2H6/c1-3-5-7-9-8-6-4-2;2*1-2/h3-7,9H,8H2,1-2H3;2*1-2H3/b5-3-,6-4-,9-7-;;. The van der Waals surface area contributed by atoms with Crippen molar-refractivity contribution < 1.29 is 0 Å². The quantitative estimate of drug-likeness (QED) is 0.419. The molecule has 0 aliphatic heterocycles. The van der Waals surface area contributed by atoms with Gasteiger partial charge in [-0.1, -0.05) is 64.2 Å². The van der Waals surface area contributed by atoms with Gasteiger partial charge < -0.3 is 0 Å². The Balaban J connectivity index is -0.000000218. The second-order valence-corrected chi connectivity index (χ2v) is 1.76. The lowest BCUT2D eigenvalue weighted by atomic mass is 10.3. The van der Waals surface area contributed by atoms with Crippen molar-refractivity contribution in [3.8, 4) is 0 Å². The van der Waals surface area contributed by atoms with E-state index in [1.165, 1.54) is 0 Å². The second kappa shape index (κ2) is 30.3. The van der Waals surface area contributed by atoms with Gasteiger partial charge in [-0.05, 0) is 20.3 Å². The Morgan fingerprint density at radius 1 is 0.692 bits per heavy atom. The molecule has 0 nitrogen and oxygen atoms in total. The van der Waals surface area contributed by atoms with Gasteiger partial charge in [0, 0.05) is 0 Å². The molecule has 78 valence electrons. The molecule has 0 saturated carbocycles. The molecule has 0 spiro atoms. The first-order valence-electron chi connectivity index (χ1n) is 5.30. The van der Waals surface area contributed by atoms with Crippen LogP contribution < -0.4 is 0 Å². The van der Waals surface area contributed by atoms with Crippen LogP contribution in [0.15, 0.2) is 36.5 Å². The van der Waals surface area contributed by atoms with E-state index in [1.54, 1.807) is 0 Å². The van der Waals surface area contributed by atoms with Crippen molar-refractivity contribution in [2.75, 3.05) is 0 Å². The molecule has 0 aromatic heterocycles. The normalized spacial score (nSPS) is 9.69. The highest BCUT2D eigenvalue weighted by Crippen LogP contribution is 1.85. The Hall–Kier alpha value is -0.780. The minimum absolute atomic E-state index is 1.04. The van der Waals surface area contributed by atoms with E-state index in [0.29, 0.717) is 0 Å². The summed E-state index contributed by atoms with van der Waals surface area (Å²) in [7, 11) is 0. The third-order valence-corrected chi connectivity index (χ3v) is 0.948. The van der Waals surface area contributed by atoms with Crippen LogP contribution in [0.4, 0.5) is 0 Å². The van der Waals surface area contributed by atoms with Gasteiger partial charge in [-0.3, -0.25) is 0 Å². The molecule has 0 aromatic carbocycles. The molecule has 0 radical (unpaired) electrons. The number of hydrogen-bond acceptors (Lipinski definition) is 0. The summed E-state index contributed by atoms with van der Waals surface area (Å²) >= 11 is 0. The van der Waals surface area contributed by atoms with E-state index >= 15 is 0 Å². The van der Waals surface area contributed by atoms with Gasteiger partial charge in [-0.2, -0.15) is 0 Å². The maximum Gasteiger partial charge on any atom is -0.0166 e. The topological polar surface area (TPSA) is 0 Å². The molecule has 0 aliphatic carbocycles. The van der Waals surface area contributed by atoms with Crippen molar-refractivity contribution in [1.29, 1.82) is 0 Å². The molecule has 0 rings (SSSR count). The van der Waals surface area contributed by atoms with Crippen LogP contribution in [0.2, 0.25) is 0 Å². The summed E-state index contributed by atoms with van der Waals surface area (Å²) in [6.07, 6.45) is 13.5. The van der Waals surface area contributed by atoms with Crippen LogP contribution in [0.1, 0.15) is 48.0 Å². The van der Waals surface area contributed by atoms with Crippen molar-refractivity contribution in [1.82, 2.24) is 0 Å². The zero-order chi connectivity index (χ0) is 10.9. The second-order valence-electron chi connectivity index (χ2n) is 1.76. The van der Waals surface area contributed by atoms with Crippen LogP contribution in [0, 0.1) is 0 Å². The minimum atomic E-state index is 1.04. The summed E-state index contributed by atoms with van der Waals surface area (Å²) < 4.78 is 0. The Bertz CT molecular complexity index is 116. The van der Waals surface area contributed by atoms with Crippen molar-refractivity contribution >= 4 is 0 Å². The molecule has 0 aliphatic rings. The molecule has 13 heavy (non-hydrogen) atoms. The molecule has 0 fully saturated rings. The fraction of sp³-hybridized carbons (Fsp3) is 0.538. The maximum absolute atomic E-state index is 2.12. The molecule has 0 saturated heterocycles. The summed E-state index contributed by atoms with van der Waals surface area (Å²) in [6.45, 7) is 12.0. The van der Waals surface area contributed by atoms with E-state index in [1.807, 2.05) is 53.7 Å². The molecule has 0 amide bonds. The average Bonchev–Trinajstić information content (AvgIpc) is 2.24. The van der Waals surface area contributed by atoms with Gasteiger partial charge >= 0.3 is 0 Å². The van der Waals surface area contributed by atoms with Gasteiger partial charge in [0.1, 0.15) is 0 Å². The molecular formula is C13H26. The predicted molar refractivity (Wildman–Crippen MR) is 66.1 cm³/mol. The zero-order valence-corrected chi connectivity index (χ0v) is 10.2. The molecule has 0 N–H and O–H groups in total. The van der Waals surface area contributed by atoms with E-state index < -0.39 is 0 Å². The van der Waals surface area contributed by atoms with Crippen LogP contribution in [-0.2, 0) is 0 Å². The highest BCUT2D eigenvalue weighted by Gasteiger charge is 1.64. The van der Waals surface area contributed by atoms with Gasteiger partial charge in [0.25, 0.3) is 0 Å². The maximum atomic E-state index is 2.12. The third kappa shape index (κ3) is 35.0. The Kier molecular flexibility index (Phi) is 42.2. The summed E-state index contributed by atoms with van der Waals surface area (Å²) in [6, 6.07) is 0. The number of hydrogen-bond donors (Lipinski definition) is 0. The van der Waals surface area contributed by atoms with Crippen molar-refractivity contribution in [2.24, 2.45) is 0 Å². The van der Waals surface area contributed by atoms with Crippen molar-refractivity contribution in [3.63, 3.8) is 0 Å². The Morgan fingerprint density at radius 3 is 1.62 bits per heavy atom. The largest absolute Gasteiger partial charge is 0.0914 e. The molecule has 0 atom stereocenters. The van der Waals surface area contributed by atoms with Gasteiger partial charge in [-0.25, -0.2) is 0 Å². The first-order chi connectivity index (χ1) is 6.41. The third-order valence-electron chi connectivity index (χ3n) is 0.948. The predicted octanol–water partition coefficient (Wildman–Crippen LogP) is 5.14. The SMILES string of the molecule is C/C=C\C=C/C/C=C\C.CC.CC. The Labute approximate surface area is 85.1 Å². The highest BCUT2D eigenvalue weighted by molar-refractivity contribution is 5.03. The molecular weight excluding hydrogens is 156 g/mol. The summed E-state index contributed by atoms with van der Waals surface area (Å²) in [4.78, 5) is 0. The van der Waals surface area contributed by atoms with Crippen LogP contribution in [0.25, 0.3) is 0 Å². The first kappa shape index (κ1) is 18.1. The summed E-state index contributed by atoms with van der Waals surface area (Å²) in [5.41, 5.74) is 0. The molecule has 0 bridgehead atoms. The van der Waals surface area contributed by atoms with Gasteiger partial charge in [0.05, 0.1) is 0 Å². The van der Waals surface area contributed by atoms with Crippen molar-refractivity contribution in [2.45, 2.75) is 48.0 Å². The van der Waals surface area contributed by atoms with E-state index in [-0.39, 0.29) is 0 Å². The summed E-state index contributed by atoms with van der Waals surface area (Å²) in [5, 5.41) is 0. The van der Waals surface area contributed by atoms with Crippen molar-refractivity contribution in [3.05, 3.63) is 36.5 Å². The highest BCUT2D eigenvalue weighted by atomic mass is 13.7. The lowest BCUT2D eigenvalue weighted by Crippen LogP contribution is -1.54. The lowest BCUT2D eigenvalue weighted by molar-refractivity contribution is 1.38. The lowest BCUT2D eigenvalue weighted by Gasteiger charge is -1.75. The van der Waals surface area contributed by atoms with Crippen LogP contribution in [0.3, 0.4) is 0 Å². The zero-order valence-electron chi connectivity index (χ0n) is 10.2. The smallest absolute Gasteiger partial charge is 0.0166 e. The number of allylic oxidation sites excluding steroid dienone is 6. The monoisotopic (exact) mass is 182 g/mol. The van der Waals surface area contributed by atoms with Crippen LogP contribution in [0.5, 0.6) is 0 Å². The molecule has 0 heteroatoms. The fourth-order valence-corrected chi connectivity index (χ4v) is 0.483. The molecule has 0 aromatic rings. The van der Waals surface area contributed by atoms with E-state index in [4.69, 9.17) is 0 Å². The fourth-order valence-electron chi connectivity index (χ4n) is 0.483. The van der Waals surface area contributed by atoms with Gasteiger partial charge in [0.2, 0.25) is 0 Å². The number of rotatable bonds is 3. The van der Waals surface area contributed by atoms with Gasteiger partial charge in [0.15, 0.2) is 0 Å². The average molecular weight is 182 g/mol. The van der Waals surface area contributed by atoms with Gasteiger partial charge in [-0.15, -0.1) is 0 Å². The molecule has 0 heterocycles.